The molecule has 2 aromatic carbocycles. The molecule has 0 spiro atoms. The number of hydrogen-bond donors (Lipinski definition) is 2. The molecule has 1 amide bonds. The van der Waals surface area contributed by atoms with Crippen molar-refractivity contribution >= 4 is 53.7 Å². The summed E-state index contributed by atoms with van der Waals surface area (Å²) < 4.78 is 13.1. The zero-order valence-electron chi connectivity index (χ0n) is 15.6. The van der Waals surface area contributed by atoms with E-state index < -0.39 is 5.82 Å². The standard InChI is InChI=1S/C20H23ClFN3O.2ClH/c1-2-25-10-8-15(9-11-25)23-16-4-3-5-17(13-16)24-20(26)18-7-6-14(22)12-19(18)21;;/h3-7,12-13,15,23H,2,8-11H2,1H3,(H,24,26);2*1H. The van der Waals surface area contributed by atoms with Gasteiger partial charge < -0.3 is 15.5 Å². The number of nitrogens with zero attached hydrogens (tertiary/aromatic N) is 1. The van der Waals surface area contributed by atoms with Gasteiger partial charge in [0.15, 0.2) is 0 Å². The van der Waals surface area contributed by atoms with E-state index >= 15 is 0 Å². The fourth-order valence-electron chi connectivity index (χ4n) is 3.19. The van der Waals surface area contributed by atoms with Crippen LogP contribution >= 0.6 is 36.4 Å². The predicted octanol–water partition coefficient (Wildman–Crippen LogP) is 5.47. The molecule has 28 heavy (non-hydrogen) atoms. The zero-order chi connectivity index (χ0) is 18.5. The van der Waals surface area contributed by atoms with Crippen molar-refractivity contribution in [2.24, 2.45) is 0 Å². The molecular weight excluding hydrogens is 424 g/mol. The van der Waals surface area contributed by atoms with Crippen molar-refractivity contribution in [1.82, 2.24) is 4.90 Å². The van der Waals surface area contributed by atoms with E-state index in [-0.39, 0.29) is 41.3 Å². The van der Waals surface area contributed by atoms with E-state index in [0.717, 1.165) is 44.2 Å². The molecule has 0 saturated carbocycles. The molecular formula is C20H25Cl3FN3O. The normalized spacial score (nSPS) is 14.5. The average Bonchev–Trinajstić information content (AvgIpc) is 2.62. The number of likely N-dealkylation sites (tertiary alicyclic amines) is 1. The molecule has 0 aliphatic carbocycles. The average molecular weight is 449 g/mol. The van der Waals surface area contributed by atoms with Crippen LogP contribution in [0.3, 0.4) is 0 Å². The first-order chi connectivity index (χ1) is 12.5. The Kier molecular flexibility index (Phi) is 10.0. The van der Waals surface area contributed by atoms with Crippen molar-refractivity contribution in [1.29, 1.82) is 0 Å². The molecule has 1 aliphatic rings. The molecule has 1 saturated heterocycles. The van der Waals surface area contributed by atoms with Gasteiger partial charge >= 0.3 is 0 Å². The molecule has 3 rings (SSSR count). The third kappa shape index (κ3) is 6.52. The predicted molar refractivity (Wildman–Crippen MR) is 119 cm³/mol. The highest BCUT2D eigenvalue weighted by Crippen LogP contribution is 2.22. The number of benzene rings is 2. The van der Waals surface area contributed by atoms with Gasteiger partial charge in [0, 0.05) is 30.5 Å². The van der Waals surface area contributed by atoms with Gasteiger partial charge in [-0.2, -0.15) is 0 Å². The number of carbonyl (C=O) groups excluding carboxylic acids is 1. The Hall–Kier alpha value is -1.53. The summed E-state index contributed by atoms with van der Waals surface area (Å²) >= 11 is 5.96. The fourth-order valence-corrected chi connectivity index (χ4v) is 3.44. The molecule has 0 atom stereocenters. The highest BCUT2D eigenvalue weighted by atomic mass is 35.5. The lowest BCUT2D eigenvalue weighted by Crippen LogP contribution is -2.38. The van der Waals surface area contributed by atoms with Gasteiger partial charge in [0.2, 0.25) is 0 Å². The van der Waals surface area contributed by atoms with Gasteiger partial charge in [0.05, 0.1) is 10.6 Å². The molecule has 1 heterocycles. The first-order valence-electron chi connectivity index (χ1n) is 8.90. The van der Waals surface area contributed by atoms with Crippen LogP contribution in [0.2, 0.25) is 5.02 Å². The lowest BCUT2D eigenvalue weighted by atomic mass is 10.0. The van der Waals surface area contributed by atoms with E-state index in [4.69, 9.17) is 11.6 Å². The fraction of sp³-hybridized carbons (Fsp3) is 0.350. The van der Waals surface area contributed by atoms with Crippen LogP contribution in [0.25, 0.3) is 0 Å². The molecule has 0 aromatic heterocycles. The molecule has 1 aliphatic heterocycles. The van der Waals surface area contributed by atoms with Gasteiger partial charge in [-0.1, -0.05) is 24.6 Å². The van der Waals surface area contributed by atoms with Crippen LogP contribution < -0.4 is 10.6 Å². The largest absolute Gasteiger partial charge is 0.382 e. The van der Waals surface area contributed by atoms with Gasteiger partial charge in [0.25, 0.3) is 5.91 Å². The maximum Gasteiger partial charge on any atom is 0.257 e. The topological polar surface area (TPSA) is 44.4 Å². The Morgan fingerprint density at radius 2 is 1.82 bits per heavy atom. The van der Waals surface area contributed by atoms with Crippen molar-refractivity contribution in [2.75, 3.05) is 30.3 Å². The minimum atomic E-state index is -0.466. The SMILES string of the molecule is CCN1CCC(Nc2cccc(NC(=O)c3ccc(F)cc3Cl)c2)CC1.Cl.Cl. The Labute approximate surface area is 182 Å². The van der Waals surface area contributed by atoms with Crippen LogP contribution in [-0.2, 0) is 0 Å². The van der Waals surface area contributed by atoms with E-state index in [1.165, 1.54) is 12.1 Å². The second kappa shape index (κ2) is 11.5. The quantitative estimate of drug-likeness (QED) is 0.637. The highest BCUT2D eigenvalue weighted by Gasteiger charge is 2.18. The van der Waals surface area contributed by atoms with Crippen LogP contribution in [0.15, 0.2) is 42.5 Å². The number of hydrogen-bond acceptors (Lipinski definition) is 3. The maximum atomic E-state index is 13.1. The smallest absolute Gasteiger partial charge is 0.257 e. The molecule has 0 unspecified atom stereocenters. The Morgan fingerprint density at radius 1 is 1.14 bits per heavy atom. The minimum Gasteiger partial charge on any atom is -0.382 e. The summed E-state index contributed by atoms with van der Waals surface area (Å²) in [5, 5.41) is 6.46. The first kappa shape index (κ1) is 24.5. The minimum absolute atomic E-state index is 0. The van der Waals surface area contributed by atoms with E-state index in [1.54, 1.807) is 0 Å². The van der Waals surface area contributed by atoms with E-state index in [2.05, 4.69) is 22.5 Å². The molecule has 1 fully saturated rings. The molecule has 154 valence electrons. The summed E-state index contributed by atoms with van der Waals surface area (Å²) in [6.07, 6.45) is 2.21. The van der Waals surface area contributed by atoms with Gasteiger partial charge in [-0.3, -0.25) is 4.79 Å². The van der Waals surface area contributed by atoms with Crippen molar-refractivity contribution in [3.63, 3.8) is 0 Å². The van der Waals surface area contributed by atoms with E-state index in [9.17, 15) is 9.18 Å². The van der Waals surface area contributed by atoms with Crippen molar-refractivity contribution in [2.45, 2.75) is 25.8 Å². The third-order valence-electron chi connectivity index (χ3n) is 4.70. The molecule has 2 N–H and O–H groups in total. The Balaban J connectivity index is 0.00000196. The van der Waals surface area contributed by atoms with Crippen LogP contribution in [-0.4, -0.2) is 36.5 Å². The first-order valence-corrected chi connectivity index (χ1v) is 9.28. The number of rotatable bonds is 5. The zero-order valence-corrected chi connectivity index (χ0v) is 18.0. The molecule has 2 aromatic rings. The number of amides is 1. The molecule has 8 heteroatoms. The van der Waals surface area contributed by atoms with Crippen molar-refractivity contribution in [3.8, 4) is 0 Å². The molecule has 4 nitrogen and oxygen atoms in total. The van der Waals surface area contributed by atoms with E-state index in [1.807, 2.05) is 24.3 Å². The van der Waals surface area contributed by atoms with Gasteiger partial charge in [-0.25, -0.2) is 4.39 Å². The van der Waals surface area contributed by atoms with Gasteiger partial charge in [-0.15, -0.1) is 24.8 Å². The van der Waals surface area contributed by atoms with Crippen LogP contribution in [0, 0.1) is 5.82 Å². The maximum absolute atomic E-state index is 13.1. The summed E-state index contributed by atoms with van der Waals surface area (Å²) in [5.41, 5.74) is 1.90. The van der Waals surface area contributed by atoms with Crippen molar-refractivity contribution < 1.29 is 9.18 Å². The van der Waals surface area contributed by atoms with Crippen LogP contribution in [0.4, 0.5) is 15.8 Å². The number of nitrogens with one attached hydrogen (secondary N) is 2. The van der Waals surface area contributed by atoms with Crippen LogP contribution in [0.1, 0.15) is 30.1 Å². The van der Waals surface area contributed by atoms with Crippen molar-refractivity contribution in [3.05, 3.63) is 58.9 Å². The second-order valence-electron chi connectivity index (χ2n) is 6.51. The number of halogens is 4. The lowest BCUT2D eigenvalue weighted by molar-refractivity contribution is 0.102. The number of carbonyl (C=O) groups is 1. The number of piperidine rings is 1. The number of anilines is 2. The van der Waals surface area contributed by atoms with Crippen LogP contribution in [0.5, 0.6) is 0 Å². The monoisotopic (exact) mass is 447 g/mol. The second-order valence-corrected chi connectivity index (χ2v) is 6.92. The van der Waals surface area contributed by atoms with Gasteiger partial charge in [0.1, 0.15) is 5.82 Å². The summed E-state index contributed by atoms with van der Waals surface area (Å²) in [7, 11) is 0. The Morgan fingerprint density at radius 3 is 2.46 bits per heavy atom. The van der Waals surface area contributed by atoms with Gasteiger partial charge in [-0.05, 0) is 55.8 Å². The summed E-state index contributed by atoms with van der Waals surface area (Å²) in [6, 6.07) is 11.8. The molecule has 0 bridgehead atoms. The van der Waals surface area contributed by atoms with E-state index in [0.29, 0.717) is 11.7 Å². The third-order valence-corrected chi connectivity index (χ3v) is 5.01. The summed E-state index contributed by atoms with van der Waals surface area (Å²) in [4.78, 5) is 14.8. The lowest BCUT2D eigenvalue weighted by Gasteiger charge is -2.32. The Bertz CT molecular complexity index is 783. The summed E-state index contributed by atoms with van der Waals surface area (Å²) in [6.45, 7) is 5.49. The highest BCUT2D eigenvalue weighted by molar-refractivity contribution is 6.34. The summed E-state index contributed by atoms with van der Waals surface area (Å²) in [5.74, 6) is -0.824. The molecule has 0 radical (unpaired) electrons.